The van der Waals surface area contributed by atoms with Gasteiger partial charge in [-0.05, 0) is 34.0 Å². The molecule has 0 bridgehead atoms. The average molecular weight is 343 g/mol. The van der Waals surface area contributed by atoms with Gasteiger partial charge >= 0.3 is 5.97 Å². The maximum absolute atomic E-state index is 12.5. The highest BCUT2D eigenvalue weighted by molar-refractivity contribution is 9.10. The molecule has 0 aromatic carbocycles. The molecule has 0 fully saturated rings. The van der Waals surface area contributed by atoms with Crippen LogP contribution in [0.3, 0.4) is 0 Å². The average Bonchev–Trinajstić information content (AvgIpc) is 2.42. The van der Waals surface area contributed by atoms with Gasteiger partial charge in [-0.25, -0.2) is 4.98 Å². The van der Waals surface area contributed by atoms with Crippen molar-refractivity contribution in [3.05, 3.63) is 28.5 Å². The van der Waals surface area contributed by atoms with E-state index in [-0.39, 0.29) is 18.3 Å². The fourth-order valence-corrected chi connectivity index (χ4v) is 2.18. The number of hydrogen-bond acceptors (Lipinski definition) is 4. The van der Waals surface area contributed by atoms with Crippen LogP contribution in [0, 0.1) is 5.92 Å². The Morgan fingerprint density at radius 2 is 2.15 bits per heavy atom. The van der Waals surface area contributed by atoms with Crippen LogP contribution in [0.15, 0.2) is 22.9 Å². The summed E-state index contributed by atoms with van der Waals surface area (Å²) in [4.78, 5) is 29.5. The number of esters is 1. The van der Waals surface area contributed by atoms with Crippen molar-refractivity contribution in [2.45, 2.75) is 20.3 Å². The molecule has 0 radical (unpaired) electrons. The molecule has 0 unspecified atom stereocenters. The lowest BCUT2D eigenvalue weighted by atomic mass is 10.1. The van der Waals surface area contributed by atoms with E-state index in [2.05, 4.69) is 25.7 Å². The molecule has 1 rings (SSSR count). The van der Waals surface area contributed by atoms with Gasteiger partial charge in [0, 0.05) is 19.3 Å². The summed E-state index contributed by atoms with van der Waals surface area (Å²) >= 11 is 3.27. The predicted octanol–water partition coefficient (Wildman–Crippen LogP) is 2.51. The topological polar surface area (TPSA) is 59.5 Å². The number of carbonyl (C=O) groups is 2. The lowest BCUT2D eigenvalue weighted by molar-refractivity contribution is -0.140. The van der Waals surface area contributed by atoms with E-state index >= 15 is 0 Å². The van der Waals surface area contributed by atoms with Crippen LogP contribution in [0.4, 0.5) is 0 Å². The lowest BCUT2D eigenvalue weighted by Gasteiger charge is -2.24. The highest BCUT2D eigenvalue weighted by Crippen LogP contribution is 2.16. The molecule has 0 atom stereocenters. The van der Waals surface area contributed by atoms with Crippen molar-refractivity contribution in [2.24, 2.45) is 5.92 Å². The van der Waals surface area contributed by atoms with Crippen LogP contribution in [0.1, 0.15) is 30.6 Å². The molecular weight excluding hydrogens is 324 g/mol. The van der Waals surface area contributed by atoms with Gasteiger partial charge in [-0.2, -0.15) is 0 Å². The van der Waals surface area contributed by atoms with Crippen LogP contribution in [-0.2, 0) is 9.53 Å². The molecule has 1 amide bonds. The number of ether oxygens (including phenoxy) is 1. The van der Waals surface area contributed by atoms with Crippen molar-refractivity contribution in [1.82, 2.24) is 9.88 Å². The molecule has 0 saturated carbocycles. The molecule has 0 N–H and O–H groups in total. The minimum absolute atomic E-state index is 0.137. The molecular formula is C14H19BrN2O3. The Balaban J connectivity index is 2.84. The third-order valence-corrected chi connectivity index (χ3v) is 3.31. The first-order valence-corrected chi connectivity index (χ1v) is 7.21. The minimum atomic E-state index is -0.322. The Morgan fingerprint density at radius 1 is 1.45 bits per heavy atom. The number of aromatic nitrogens is 1. The van der Waals surface area contributed by atoms with Crippen LogP contribution in [-0.4, -0.2) is 42.0 Å². The van der Waals surface area contributed by atoms with Gasteiger partial charge < -0.3 is 9.64 Å². The number of pyridine rings is 1. The molecule has 1 heterocycles. The molecule has 6 heteroatoms. The van der Waals surface area contributed by atoms with Gasteiger partial charge in [-0.3, -0.25) is 9.59 Å². The summed E-state index contributed by atoms with van der Waals surface area (Å²) < 4.78 is 5.13. The second-order valence-electron chi connectivity index (χ2n) is 4.81. The molecule has 5 nitrogen and oxygen atoms in total. The first-order chi connectivity index (χ1) is 9.45. The Bertz CT molecular complexity index is 477. The van der Waals surface area contributed by atoms with Crippen LogP contribution in [0.2, 0.25) is 0 Å². The second-order valence-corrected chi connectivity index (χ2v) is 5.56. The van der Waals surface area contributed by atoms with Crippen molar-refractivity contribution in [3.8, 4) is 0 Å². The summed E-state index contributed by atoms with van der Waals surface area (Å²) in [6.45, 7) is 4.97. The standard InChI is InChI=1S/C14H19BrN2O3/c1-10(2)9-17(8-6-12(18)20-3)14(19)11-5-4-7-16-13(11)15/h4-5,7,10H,6,8-9H2,1-3H3. The molecule has 20 heavy (non-hydrogen) atoms. The summed E-state index contributed by atoms with van der Waals surface area (Å²) in [6, 6.07) is 3.43. The van der Waals surface area contributed by atoms with Crippen molar-refractivity contribution in [1.29, 1.82) is 0 Å². The summed E-state index contributed by atoms with van der Waals surface area (Å²) in [5.41, 5.74) is 0.498. The zero-order valence-corrected chi connectivity index (χ0v) is 13.5. The first kappa shape index (κ1) is 16.6. The van der Waals surface area contributed by atoms with Gasteiger partial charge in [0.25, 0.3) is 5.91 Å². The van der Waals surface area contributed by atoms with E-state index in [0.717, 1.165) is 0 Å². The molecule has 0 spiro atoms. The number of halogens is 1. The predicted molar refractivity (Wildman–Crippen MR) is 79.3 cm³/mol. The SMILES string of the molecule is COC(=O)CCN(CC(C)C)C(=O)c1cccnc1Br. The minimum Gasteiger partial charge on any atom is -0.469 e. The Labute approximate surface area is 127 Å². The number of amides is 1. The molecule has 0 aliphatic rings. The number of rotatable bonds is 6. The molecule has 0 aliphatic heterocycles. The van der Waals surface area contributed by atoms with E-state index in [1.807, 2.05) is 13.8 Å². The zero-order chi connectivity index (χ0) is 15.1. The quantitative estimate of drug-likeness (QED) is 0.588. The monoisotopic (exact) mass is 342 g/mol. The maximum atomic E-state index is 12.5. The van der Waals surface area contributed by atoms with Gasteiger partial charge in [0.2, 0.25) is 0 Å². The summed E-state index contributed by atoms with van der Waals surface area (Å²) in [6.07, 6.45) is 1.80. The molecule has 110 valence electrons. The third kappa shape index (κ3) is 4.92. The first-order valence-electron chi connectivity index (χ1n) is 6.42. The Kier molecular flexibility index (Phi) is 6.64. The highest BCUT2D eigenvalue weighted by atomic mass is 79.9. The van der Waals surface area contributed by atoms with Crippen LogP contribution in [0.5, 0.6) is 0 Å². The molecule has 1 aromatic heterocycles. The third-order valence-electron chi connectivity index (χ3n) is 2.68. The van der Waals surface area contributed by atoms with Gasteiger partial charge in [-0.1, -0.05) is 13.8 Å². The Morgan fingerprint density at radius 3 is 2.70 bits per heavy atom. The smallest absolute Gasteiger partial charge is 0.307 e. The Hall–Kier alpha value is -1.43. The lowest BCUT2D eigenvalue weighted by Crippen LogP contribution is -2.36. The second kappa shape index (κ2) is 7.99. The zero-order valence-electron chi connectivity index (χ0n) is 11.9. The maximum Gasteiger partial charge on any atom is 0.307 e. The summed E-state index contributed by atoms with van der Waals surface area (Å²) in [5, 5.41) is 0. The fraction of sp³-hybridized carbons (Fsp3) is 0.500. The summed E-state index contributed by atoms with van der Waals surface area (Å²) in [5.74, 6) is -0.147. The fourth-order valence-electron chi connectivity index (χ4n) is 1.76. The van der Waals surface area contributed by atoms with Gasteiger partial charge in [0.1, 0.15) is 4.60 Å². The number of methoxy groups -OCH3 is 1. The van der Waals surface area contributed by atoms with Gasteiger partial charge in [0.15, 0.2) is 0 Å². The van der Waals surface area contributed by atoms with Crippen molar-refractivity contribution in [2.75, 3.05) is 20.2 Å². The molecule has 1 aromatic rings. The van der Waals surface area contributed by atoms with Gasteiger partial charge in [0.05, 0.1) is 19.1 Å². The van der Waals surface area contributed by atoms with E-state index in [9.17, 15) is 9.59 Å². The number of hydrogen-bond donors (Lipinski definition) is 0. The van der Waals surface area contributed by atoms with E-state index in [1.54, 1.807) is 23.2 Å². The van der Waals surface area contributed by atoms with Crippen LogP contribution >= 0.6 is 15.9 Å². The summed E-state index contributed by atoms with van der Waals surface area (Å²) in [7, 11) is 1.34. The largest absolute Gasteiger partial charge is 0.469 e. The van der Waals surface area contributed by atoms with Crippen LogP contribution in [0.25, 0.3) is 0 Å². The number of carbonyl (C=O) groups excluding carboxylic acids is 2. The van der Waals surface area contributed by atoms with E-state index in [1.165, 1.54) is 7.11 Å². The van der Waals surface area contributed by atoms with E-state index in [4.69, 9.17) is 0 Å². The van der Waals surface area contributed by atoms with Crippen molar-refractivity contribution >= 4 is 27.8 Å². The van der Waals surface area contributed by atoms with Crippen LogP contribution < -0.4 is 0 Å². The van der Waals surface area contributed by atoms with Crippen molar-refractivity contribution in [3.63, 3.8) is 0 Å². The molecule has 0 saturated heterocycles. The van der Waals surface area contributed by atoms with E-state index < -0.39 is 0 Å². The van der Waals surface area contributed by atoms with Crippen molar-refractivity contribution < 1.29 is 14.3 Å². The molecule has 0 aliphatic carbocycles. The van der Waals surface area contributed by atoms with Gasteiger partial charge in [-0.15, -0.1) is 0 Å². The number of nitrogens with zero attached hydrogens (tertiary/aromatic N) is 2. The highest BCUT2D eigenvalue weighted by Gasteiger charge is 2.20. The normalized spacial score (nSPS) is 10.4. The van der Waals surface area contributed by atoms with E-state index in [0.29, 0.717) is 29.2 Å².